The first kappa shape index (κ1) is 12.1. The summed E-state index contributed by atoms with van der Waals surface area (Å²) in [6, 6.07) is 13.5. The highest BCUT2D eigenvalue weighted by molar-refractivity contribution is 5.88. The second-order valence-electron chi connectivity index (χ2n) is 4.20. The summed E-state index contributed by atoms with van der Waals surface area (Å²) in [5, 5.41) is 16.4. The zero-order valence-corrected chi connectivity index (χ0v) is 10.6. The van der Waals surface area contributed by atoms with Crippen molar-refractivity contribution < 1.29 is 5.21 Å². The second kappa shape index (κ2) is 5.36. The lowest BCUT2D eigenvalue weighted by atomic mass is 10.1. The van der Waals surface area contributed by atoms with Crippen LogP contribution in [-0.4, -0.2) is 26.2 Å². The number of rotatable bonds is 3. The van der Waals surface area contributed by atoms with Gasteiger partial charge < -0.3 is 5.21 Å². The fourth-order valence-corrected chi connectivity index (χ4v) is 1.98. The summed E-state index contributed by atoms with van der Waals surface area (Å²) in [6.45, 7) is 0. The maximum atomic E-state index is 8.79. The van der Waals surface area contributed by atoms with Crippen molar-refractivity contribution in [2.45, 2.75) is 0 Å². The molecule has 1 aromatic carbocycles. The average Bonchev–Trinajstić information content (AvgIpc) is 2.94. The SMILES string of the molecule is O/N=C\c1cn(-c2ccccc2)nc1-c1cccnc1. The van der Waals surface area contributed by atoms with Gasteiger partial charge in [0.2, 0.25) is 0 Å². The zero-order chi connectivity index (χ0) is 13.8. The minimum Gasteiger partial charge on any atom is -0.411 e. The first-order valence-electron chi connectivity index (χ1n) is 6.11. The predicted octanol–water partition coefficient (Wildman–Crippen LogP) is 2.74. The van der Waals surface area contributed by atoms with Crippen molar-refractivity contribution in [2.24, 2.45) is 5.16 Å². The van der Waals surface area contributed by atoms with Gasteiger partial charge in [0.1, 0.15) is 5.69 Å². The number of para-hydroxylation sites is 1. The van der Waals surface area contributed by atoms with E-state index in [9.17, 15) is 0 Å². The number of hydrogen-bond donors (Lipinski definition) is 1. The van der Waals surface area contributed by atoms with E-state index in [1.54, 1.807) is 17.1 Å². The van der Waals surface area contributed by atoms with E-state index in [4.69, 9.17) is 5.21 Å². The van der Waals surface area contributed by atoms with Gasteiger partial charge in [-0.25, -0.2) is 4.68 Å². The summed E-state index contributed by atoms with van der Waals surface area (Å²) in [5.41, 5.74) is 3.26. The molecule has 0 radical (unpaired) electrons. The van der Waals surface area contributed by atoms with Crippen LogP contribution in [0.15, 0.2) is 66.2 Å². The van der Waals surface area contributed by atoms with Crippen LogP contribution in [0.1, 0.15) is 5.56 Å². The van der Waals surface area contributed by atoms with E-state index in [-0.39, 0.29) is 0 Å². The van der Waals surface area contributed by atoms with E-state index >= 15 is 0 Å². The van der Waals surface area contributed by atoms with Gasteiger partial charge in [0.15, 0.2) is 0 Å². The minimum atomic E-state index is 0.722. The molecular weight excluding hydrogens is 252 g/mol. The molecule has 2 heterocycles. The Labute approximate surface area is 115 Å². The fraction of sp³-hybridized carbons (Fsp3) is 0. The molecular formula is C15H12N4O. The second-order valence-corrected chi connectivity index (χ2v) is 4.20. The molecule has 3 rings (SSSR count). The van der Waals surface area contributed by atoms with Crippen molar-refractivity contribution in [3.05, 3.63) is 66.6 Å². The van der Waals surface area contributed by atoms with Crippen molar-refractivity contribution in [3.63, 3.8) is 0 Å². The first-order valence-corrected chi connectivity index (χ1v) is 6.11. The summed E-state index contributed by atoms with van der Waals surface area (Å²) < 4.78 is 1.75. The van der Waals surface area contributed by atoms with Crippen molar-refractivity contribution in [1.29, 1.82) is 0 Å². The molecule has 0 spiro atoms. The Hall–Kier alpha value is -2.95. The topological polar surface area (TPSA) is 63.3 Å². The lowest BCUT2D eigenvalue weighted by Crippen LogP contribution is -1.94. The molecule has 0 saturated heterocycles. The van der Waals surface area contributed by atoms with Crippen LogP contribution in [0.2, 0.25) is 0 Å². The standard InChI is InChI=1S/C15H12N4O/c20-17-10-13-11-19(14-6-2-1-3-7-14)18-15(13)12-5-4-8-16-9-12/h1-11,20H/b17-10-. The number of aromatic nitrogens is 3. The van der Waals surface area contributed by atoms with Gasteiger partial charge in [0, 0.05) is 29.7 Å². The Morgan fingerprint density at radius 3 is 2.65 bits per heavy atom. The van der Waals surface area contributed by atoms with Crippen molar-refractivity contribution in [1.82, 2.24) is 14.8 Å². The fourth-order valence-electron chi connectivity index (χ4n) is 1.98. The van der Waals surface area contributed by atoms with Gasteiger partial charge in [0.05, 0.1) is 11.9 Å². The lowest BCUT2D eigenvalue weighted by molar-refractivity contribution is 0.322. The van der Waals surface area contributed by atoms with Crippen LogP contribution < -0.4 is 0 Å². The highest BCUT2D eigenvalue weighted by Crippen LogP contribution is 2.21. The highest BCUT2D eigenvalue weighted by Gasteiger charge is 2.10. The maximum absolute atomic E-state index is 8.79. The third-order valence-corrected chi connectivity index (χ3v) is 2.90. The molecule has 0 saturated carbocycles. The van der Waals surface area contributed by atoms with Crippen molar-refractivity contribution in [3.8, 4) is 16.9 Å². The average molecular weight is 264 g/mol. The Kier molecular flexibility index (Phi) is 3.24. The van der Waals surface area contributed by atoms with E-state index in [0.717, 1.165) is 22.5 Å². The van der Waals surface area contributed by atoms with Crippen LogP contribution >= 0.6 is 0 Å². The normalized spacial score (nSPS) is 11.0. The van der Waals surface area contributed by atoms with Gasteiger partial charge in [-0.3, -0.25) is 4.98 Å². The lowest BCUT2D eigenvalue weighted by Gasteiger charge is -1.99. The molecule has 0 aliphatic rings. The third kappa shape index (κ3) is 2.29. The van der Waals surface area contributed by atoms with Crippen LogP contribution in [0.4, 0.5) is 0 Å². The molecule has 2 aromatic heterocycles. The van der Waals surface area contributed by atoms with E-state index in [1.807, 2.05) is 48.7 Å². The summed E-state index contributed by atoms with van der Waals surface area (Å²) in [6.07, 6.45) is 6.62. The molecule has 20 heavy (non-hydrogen) atoms. The molecule has 0 unspecified atom stereocenters. The minimum absolute atomic E-state index is 0.722. The number of oxime groups is 1. The molecule has 0 amide bonds. The van der Waals surface area contributed by atoms with E-state index in [0.29, 0.717) is 0 Å². The third-order valence-electron chi connectivity index (χ3n) is 2.90. The van der Waals surface area contributed by atoms with Crippen LogP contribution in [0, 0.1) is 0 Å². The molecule has 3 aromatic rings. The van der Waals surface area contributed by atoms with Gasteiger partial charge in [-0.15, -0.1) is 0 Å². The van der Waals surface area contributed by atoms with Crippen LogP contribution in [0.5, 0.6) is 0 Å². The number of hydrogen-bond acceptors (Lipinski definition) is 4. The summed E-state index contributed by atoms with van der Waals surface area (Å²) in [7, 11) is 0. The molecule has 0 atom stereocenters. The molecule has 5 heteroatoms. The Morgan fingerprint density at radius 2 is 1.95 bits per heavy atom. The Bertz CT molecular complexity index is 720. The quantitative estimate of drug-likeness (QED) is 0.449. The van der Waals surface area contributed by atoms with Gasteiger partial charge in [0.25, 0.3) is 0 Å². The maximum Gasteiger partial charge on any atom is 0.103 e. The smallest absolute Gasteiger partial charge is 0.103 e. The van der Waals surface area contributed by atoms with Gasteiger partial charge >= 0.3 is 0 Å². The molecule has 0 aliphatic heterocycles. The van der Waals surface area contributed by atoms with E-state index in [1.165, 1.54) is 6.21 Å². The van der Waals surface area contributed by atoms with E-state index < -0.39 is 0 Å². The summed E-state index contributed by atoms with van der Waals surface area (Å²) >= 11 is 0. The Morgan fingerprint density at radius 1 is 1.10 bits per heavy atom. The van der Waals surface area contributed by atoms with E-state index in [2.05, 4.69) is 15.2 Å². The summed E-state index contributed by atoms with van der Waals surface area (Å²) in [5.74, 6) is 0. The monoisotopic (exact) mass is 264 g/mol. The van der Waals surface area contributed by atoms with Crippen LogP contribution in [-0.2, 0) is 0 Å². The number of nitrogens with zero attached hydrogens (tertiary/aromatic N) is 4. The zero-order valence-electron chi connectivity index (χ0n) is 10.6. The molecule has 0 fully saturated rings. The van der Waals surface area contributed by atoms with Crippen molar-refractivity contribution in [2.75, 3.05) is 0 Å². The molecule has 98 valence electrons. The largest absolute Gasteiger partial charge is 0.411 e. The van der Waals surface area contributed by atoms with Gasteiger partial charge in [-0.2, -0.15) is 5.10 Å². The summed E-state index contributed by atoms with van der Waals surface area (Å²) in [4.78, 5) is 4.09. The highest BCUT2D eigenvalue weighted by atomic mass is 16.4. The van der Waals surface area contributed by atoms with Gasteiger partial charge in [-0.05, 0) is 24.3 Å². The number of pyridine rings is 1. The molecule has 5 nitrogen and oxygen atoms in total. The van der Waals surface area contributed by atoms with Gasteiger partial charge in [-0.1, -0.05) is 23.4 Å². The Balaban J connectivity index is 2.13. The molecule has 1 N–H and O–H groups in total. The van der Waals surface area contributed by atoms with Crippen molar-refractivity contribution >= 4 is 6.21 Å². The first-order chi connectivity index (χ1) is 9.88. The molecule has 0 bridgehead atoms. The van der Waals surface area contributed by atoms with Crippen LogP contribution in [0.25, 0.3) is 16.9 Å². The van der Waals surface area contributed by atoms with Crippen LogP contribution in [0.3, 0.4) is 0 Å². The number of benzene rings is 1. The predicted molar refractivity (Wildman–Crippen MR) is 76.2 cm³/mol. The molecule has 0 aliphatic carbocycles.